The summed E-state index contributed by atoms with van der Waals surface area (Å²) in [5.74, 6) is -0.815. The van der Waals surface area contributed by atoms with Crippen LogP contribution in [0.2, 0.25) is 0 Å². The highest BCUT2D eigenvalue weighted by Gasteiger charge is 2.44. The molecule has 1 aliphatic heterocycles. The summed E-state index contributed by atoms with van der Waals surface area (Å²) in [6, 6.07) is -0.310. The summed E-state index contributed by atoms with van der Waals surface area (Å²) in [6.45, 7) is 3.28. The van der Waals surface area contributed by atoms with Crippen LogP contribution in [0.3, 0.4) is 0 Å². The highest BCUT2D eigenvalue weighted by atomic mass is 16.5. The van der Waals surface area contributed by atoms with Crippen LogP contribution in [0.1, 0.15) is 32.6 Å². The second-order valence-electron chi connectivity index (χ2n) is 5.61. The van der Waals surface area contributed by atoms with Gasteiger partial charge in [0.1, 0.15) is 0 Å². The Bertz CT molecular complexity index is 346. The van der Waals surface area contributed by atoms with Crippen LogP contribution in [0.15, 0.2) is 0 Å². The first-order valence-corrected chi connectivity index (χ1v) is 6.33. The lowest BCUT2D eigenvalue weighted by Crippen LogP contribution is -2.54. The molecule has 3 N–H and O–H groups in total. The van der Waals surface area contributed by atoms with Gasteiger partial charge in [-0.1, -0.05) is 6.42 Å². The number of hydrogen-bond donors (Lipinski definition) is 3. The van der Waals surface area contributed by atoms with Crippen molar-refractivity contribution in [1.29, 1.82) is 0 Å². The van der Waals surface area contributed by atoms with Crippen molar-refractivity contribution in [3.8, 4) is 0 Å². The maximum atomic E-state index is 11.7. The third-order valence-corrected chi connectivity index (χ3v) is 3.99. The van der Waals surface area contributed by atoms with Gasteiger partial charge in [0, 0.05) is 13.2 Å². The molecule has 0 radical (unpaired) electrons. The van der Waals surface area contributed by atoms with Crippen LogP contribution in [0, 0.1) is 5.41 Å². The highest BCUT2D eigenvalue weighted by Crippen LogP contribution is 2.40. The molecule has 0 aromatic rings. The standard InChI is InChI=1S/C12H20N2O4/c1-11(5-6-18-8-11)14-10(17)13-7-12(9(15)16)3-2-4-12/h2-8H2,1H3,(H,15,16)(H2,13,14,17). The van der Waals surface area contributed by atoms with E-state index in [-0.39, 0.29) is 18.1 Å². The fourth-order valence-corrected chi connectivity index (χ4v) is 2.40. The summed E-state index contributed by atoms with van der Waals surface area (Å²) in [5, 5.41) is 14.7. The topological polar surface area (TPSA) is 87.7 Å². The fourth-order valence-electron chi connectivity index (χ4n) is 2.40. The monoisotopic (exact) mass is 256 g/mol. The quantitative estimate of drug-likeness (QED) is 0.691. The number of nitrogens with one attached hydrogen (secondary N) is 2. The lowest BCUT2D eigenvalue weighted by molar-refractivity contribution is -0.153. The Morgan fingerprint density at radius 2 is 2.06 bits per heavy atom. The number of carboxylic acid groups (broad SMARTS) is 1. The first-order valence-electron chi connectivity index (χ1n) is 6.33. The lowest BCUT2D eigenvalue weighted by atomic mass is 9.69. The van der Waals surface area contributed by atoms with Crippen molar-refractivity contribution in [2.24, 2.45) is 5.41 Å². The van der Waals surface area contributed by atoms with Crippen LogP contribution in [0.25, 0.3) is 0 Å². The largest absolute Gasteiger partial charge is 0.481 e. The molecule has 2 aliphatic rings. The SMILES string of the molecule is CC1(NC(=O)NCC2(C(=O)O)CCC2)CCOC1. The summed E-state index contributed by atoms with van der Waals surface area (Å²) in [5.41, 5.74) is -1.08. The molecule has 1 aliphatic carbocycles. The third-order valence-electron chi connectivity index (χ3n) is 3.99. The van der Waals surface area contributed by atoms with Gasteiger partial charge >= 0.3 is 12.0 Å². The van der Waals surface area contributed by atoms with Gasteiger partial charge in [0.15, 0.2) is 0 Å². The fraction of sp³-hybridized carbons (Fsp3) is 0.833. The van der Waals surface area contributed by atoms with Crippen molar-refractivity contribution in [3.63, 3.8) is 0 Å². The van der Waals surface area contributed by atoms with E-state index >= 15 is 0 Å². The molecule has 6 heteroatoms. The molecular formula is C12H20N2O4. The van der Waals surface area contributed by atoms with E-state index in [0.717, 1.165) is 12.8 Å². The van der Waals surface area contributed by atoms with Gasteiger partial charge in [-0.05, 0) is 26.2 Å². The number of carboxylic acids is 1. The molecular weight excluding hydrogens is 236 g/mol. The Balaban J connectivity index is 1.79. The molecule has 2 amide bonds. The van der Waals surface area contributed by atoms with E-state index in [1.165, 1.54) is 0 Å². The van der Waals surface area contributed by atoms with Crippen LogP contribution < -0.4 is 10.6 Å². The first kappa shape index (κ1) is 13.1. The number of carbonyl (C=O) groups excluding carboxylic acids is 1. The Labute approximate surface area is 106 Å². The Hall–Kier alpha value is -1.30. The summed E-state index contributed by atoms with van der Waals surface area (Å²) >= 11 is 0. The molecule has 1 saturated carbocycles. The van der Waals surface area contributed by atoms with Crippen LogP contribution in [-0.2, 0) is 9.53 Å². The molecule has 102 valence electrons. The number of aliphatic carboxylic acids is 1. The van der Waals surface area contributed by atoms with E-state index in [4.69, 9.17) is 9.84 Å². The Morgan fingerprint density at radius 3 is 2.50 bits per heavy atom. The summed E-state index contributed by atoms with van der Waals surface area (Å²) in [6.07, 6.45) is 2.98. The van der Waals surface area contributed by atoms with Crippen LogP contribution in [-0.4, -0.2) is 42.4 Å². The maximum Gasteiger partial charge on any atom is 0.315 e. The van der Waals surface area contributed by atoms with E-state index in [0.29, 0.717) is 26.1 Å². The summed E-state index contributed by atoms with van der Waals surface area (Å²) in [4.78, 5) is 22.9. The molecule has 2 fully saturated rings. The normalized spacial score (nSPS) is 29.4. The summed E-state index contributed by atoms with van der Waals surface area (Å²) in [7, 11) is 0. The zero-order chi connectivity index (χ0) is 13.2. The average Bonchev–Trinajstić information content (AvgIpc) is 2.62. The van der Waals surface area contributed by atoms with Crippen LogP contribution >= 0.6 is 0 Å². The second kappa shape index (κ2) is 4.76. The number of amides is 2. The Kier molecular flexibility index (Phi) is 3.47. The Morgan fingerprint density at radius 1 is 1.33 bits per heavy atom. The number of rotatable bonds is 4. The molecule has 18 heavy (non-hydrogen) atoms. The minimum atomic E-state index is -0.815. The smallest absolute Gasteiger partial charge is 0.315 e. The molecule has 1 saturated heterocycles. The average molecular weight is 256 g/mol. The lowest BCUT2D eigenvalue weighted by Gasteiger charge is -2.37. The van der Waals surface area contributed by atoms with E-state index in [2.05, 4.69) is 10.6 Å². The highest BCUT2D eigenvalue weighted by molar-refractivity contribution is 5.79. The van der Waals surface area contributed by atoms with Crippen molar-refractivity contribution in [2.75, 3.05) is 19.8 Å². The first-order chi connectivity index (χ1) is 8.46. The molecule has 1 unspecified atom stereocenters. The minimum absolute atomic E-state index is 0.200. The molecule has 0 spiro atoms. The van der Waals surface area contributed by atoms with E-state index in [1.54, 1.807) is 0 Å². The van der Waals surface area contributed by atoms with Gasteiger partial charge in [0.2, 0.25) is 0 Å². The molecule has 1 atom stereocenters. The van der Waals surface area contributed by atoms with E-state index in [1.807, 2.05) is 6.92 Å². The van der Waals surface area contributed by atoms with Gasteiger partial charge < -0.3 is 20.5 Å². The van der Waals surface area contributed by atoms with Gasteiger partial charge in [-0.25, -0.2) is 4.79 Å². The molecule has 0 aromatic carbocycles. The maximum absolute atomic E-state index is 11.7. The van der Waals surface area contributed by atoms with Gasteiger partial charge in [-0.2, -0.15) is 0 Å². The van der Waals surface area contributed by atoms with Crippen molar-refractivity contribution in [1.82, 2.24) is 10.6 Å². The zero-order valence-corrected chi connectivity index (χ0v) is 10.6. The molecule has 6 nitrogen and oxygen atoms in total. The molecule has 0 bridgehead atoms. The van der Waals surface area contributed by atoms with Gasteiger partial charge in [-0.3, -0.25) is 4.79 Å². The molecule has 1 heterocycles. The number of carbonyl (C=O) groups is 2. The van der Waals surface area contributed by atoms with E-state index in [9.17, 15) is 9.59 Å². The number of hydrogen-bond acceptors (Lipinski definition) is 3. The minimum Gasteiger partial charge on any atom is -0.481 e. The van der Waals surface area contributed by atoms with Crippen LogP contribution in [0.5, 0.6) is 0 Å². The third kappa shape index (κ3) is 2.58. The van der Waals surface area contributed by atoms with Gasteiger partial charge in [0.05, 0.1) is 17.6 Å². The van der Waals surface area contributed by atoms with E-state index < -0.39 is 11.4 Å². The van der Waals surface area contributed by atoms with Gasteiger partial charge in [0.25, 0.3) is 0 Å². The van der Waals surface area contributed by atoms with Crippen LogP contribution in [0.4, 0.5) is 4.79 Å². The second-order valence-corrected chi connectivity index (χ2v) is 5.61. The summed E-state index contributed by atoms with van der Waals surface area (Å²) < 4.78 is 5.24. The predicted octanol–water partition coefficient (Wildman–Crippen LogP) is 0.719. The van der Waals surface area contributed by atoms with Crippen molar-refractivity contribution >= 4 is 12.0 Å². The van der Waals surface area contributed by atoms with Crippen molar-refractivity contribution < 1.29 is 19.4 Å². The predicted molar refractivity (Wildman–Crippen MR) is 64.3 cm³/mol. The zero-order valence-electron chi connectivity index (χ0n) is 10.6. The number of urea groups is 1. The van der Waals surface area contributed by atoms with Crippen molar-refractivity contribution in [2.45, 2.75) is 38.1 Å². The van der Waals surface area contributed by atoms with Gasteiger partial charge in [-0.15, -0.1) is 0 Å². The van der Waals surface area contributed by atoms with Crippen molar-refractivity contribution in [3.05, 3.63) is 0 Å². The number of ether oxygens (including phenoxy) is 1. The molecule has 2 rings (SSSR count). The molecule has 0 aromatic heterocycles.